The van der Waals surface area contributed by atoms with Crippen LogP contribution >= 0.6 is 11.6 Å². The molecule has 158 valence electrons. The topological polar surface area (TPSA) is 37.3 Å². The molecule has 2 aromatic carbocycles. The summed E-state index contributed by atoms with van der Waals surface area (Å²) in [6.07, 6.45) is 10.7. The third-order valence-electron chi connectivity index (χ3n) is 5.76. The van der Waals surface area contributed by atoms with Gasteiger partial charge in [-0.3, -0.25) is 4.79 Å². The normalized spacial score (nSPS) is 16.8. The summed E-state index contributed by atoms with van der Waals surface area (Å²) >= 11 is 6.01. The van der Waals surface area contributed by atoms with E-state index in [1.807, 2.05) is 18.2 Å². The summed E-state index contributed by atoms with van der Waals surface area (Å²) in [5.74, 6) is -0.167. The highest BCUT2D eigenvalue weighted by atomic mass is 35.5. The number of rotatable bonds is 4. The van der Waals surface area contributed by atoms with Crippen LogP contribution in [0.15, 0.2) is 71.5 Å². The molecule has 0 aromatic heterocycles. The van der Waals surface area contributed by atoms with Gasteiger partial charge < -0.3 is 5.11 Å². The smallest absolute Gasteiger partial charge is 0.199 e. The van der Waals surface area contributed by atoms with Crippen molar-refractivity contribution in [1.82, 2.24) is 0 Å². The number of hydrogen-bond acceptors (Lipinski definition) is 2. The average molecular weight is 423 g/mol. The molecule has 0 unspecified atom stereocenters. The van der Waals surface area contributed by atoms with Crippen LogP contribution in [0.5, 0.6) is 0 Å². The molecule has 0 amide bonds. The van der Waals surface area contributed by atoms with E-state index in [9.17, 15) is 9.90 Å². The van der Waals surface area contributed by atoms with E-state index in [4.69, 9.17) is 11.6 Å². The quantitative estimate of drug-likeness (QED) is 0.312. The lowest BCUT2D eigenvalue weighted by molar-refractivity contribution is 0.0987. The highest BCUT2D eigenvalue weighted by Crippen LogP contribution is 2.28. The van der Waals surface area contributed by atoms with Gasteiger partial charge in [-0.05, 0) is 49.0 Å². The molecule has 1 fully saturated rings. The summed E-state index contributed by atoms with van der Waals surface area (Å²) in [7, 11) is 0. The van der Waals surface area contributed by atoms with Crippen LogP contribution < -0.4 is 0 Å². The molecule has 1 aliphatic carbocycles. The molecular weight excluding hydrogens is 392 g/mol. The lowest BCUT2D eigenvalue weighted by Gasteiger charge is -2.14. The van der Waals surface area contributed by atoms with Crippen molar-refractivity contribution >= 4 is 17.4 Å². The lowest BCUT2D eigenvalue weighted by Crippen LogP contribution is -2.12. The summed E-state index contributed by atoms with van der Waals surface area (Å²) in [4.78, 5) is 13.3. The minimum atomic E-state index is -1.03. The molecule has 0 aliphatic heterocycles. The first kappa shape index (κ1) is 22.6. The van der Waals surface area contributed by atoms with Gasteiger partial charge in [0, 0.05) is 10.6 Å². The summed E-state index contributed by atoms with van der Waals surface area (Å²) in [6.45, 7) is 0. The number of Topliss-reactive ketones (excluding diaryl/α,β-unsaturated/α-hetero) is 1. The number of hydrogen-bond donors (Lipinski definition) is 1. The molecule has 2 aromatic rings. The van der Waals surface area contributed by atoms with Crippen molar-refractivity contribution in [3.8, 4) is 0 Å². The van der Waals surface area contributed by atoms with Crippen molar-refractivity contribution in [1.29, 1.82) is 0 Å². The van der Waals surface area contributed by atoms with Crippen LogP contribution in [0.1, 0.15) is 86.2 Å². The predicted octanol–water partition coefficient (Wildman–Crippen LogP) is 7.62. The van der Waals surface area contributed by atoms with Gasteiger partial charge in [-0.15, -0.1) is 5.73 Å². The van der Waals surface area contributed by atoms with Crippen molar-refractivity contribution in [2.75, 3.05) is 0 Å². The molecule has 1 aliphatic rings. The van der Waals surface area contributed by atoms with Crippen LogP contribution in [0, 0.1) is 0 Å². The standard InChI is InChI=1S/C27H31ClO2/c28-24-18-16-23(17-19-24)27(30)25(26(29)22-14-10-7-11-15-22)20-21-12-8-5-3-1-2-4-6-9-13-21/h7,10-11,14-19,27,30H,1-6,8-9,12-13H2/t27-/m1/s1. The van der Waals surface area contributed by atoms with Crippen LogP contribution in [0.2, 0.25) is 5.02 Å². The fourth-order valence-corrected chi connectivity index (χ4v) is 4.11. The minimum Gasteiger partial charge on any atom is -0.383 e. The largest absolute Gasteiger partial charge is 0.383 e. The molecule has 1 saturated carbocycles. The number of halogens is 1. The fourth-order valence-electron chi connectivity index (χ4n) is 3.98. The summed E-state index contributed by atoms with van der Waals surface area (Å²) in [6, 6.07) is 16.2. The summed E-state index contributed by atoms with van der Waals surface area (Å²) in [5.41, 5.74) is 6.12. The number of ketones is 1. The molecule has 0 radical (unpaired) electrons. The molecule has 1 N–H and O–H groups in total. The van der Waals surface area contributed by atoms with Crippen molar-refractivity contribution in [3.63, 3.8) is 0 Å². The van der Waals surface area contributed by atoms with Crippen molar-refractivity contribution in [2.24, 2.45) is 0 Å². The number of benzene rings is 2. The second-order valence-electron chi connectivity index (χ2n) is 8.12. The van der Waals surface area contributed by atoms with E-state index in [0.29, 0.717) is 21.7 Å². The van der Waals surface area contributed by atoms with Gasteiger partial charge in [-0.1, -0.05) is 92.6 Å². The second kappa shape index (κ2) is 11.9. The highest BCUT2D eigenvalue weighted by Gasteiger charge is 2.22. The SMILES string of the molecule is O=C(C(=C=C1CCCCCCCCCC1)[C@H](O)c1ccc(Cl)cc1)c1ccccc1. The zero-order valence-corrected chi connectivity index (χ0v) is 18.3. The Kier molecular flexibility index (Phi) is 8.96. The number of carbonyl (C=O) groups excluding carboxylic acids is 1. The molecule has 0 heterocycles. The summed E-state index contributed by atoms with van der Waals surface area (Å²) in [5, 5.41) is 11.7. The third kappa shape index (κ3) is 6.71. The predicted molar refractivity (Wildman–Crippen MR) is 124 cm³/mol. The van der Waals surface area contributed by atoms with E-state index in [0.717, 1.165) is 31.3 Å². The van der Waals surface area contributed by atoms with Crippen molar-refractivity contribution in [2.45, 2.75) is 70.3 Å². The fraction of sp³-hybridized carbons (Fsp3) is 0.407. The maximum absolute atomic E-state index is 13.3. The molecule has 30 heavy (non-hydrogen) atoms. The lowest BCUT2D eigenvalue weighted by atomic mass is 9.93. The van der Waals surface area contributed by atoms with Crippen LogP contribution in [-0.2, 0) is 0 Å². The number of carbonyl (C=O) groups is 1. The van der Waals surface area contributed by atoms with E-state index in [1.54, 1.807) is 36.4 Å². The van der Waals surface area contributed by atoms with Crippen LogP contribution in [0.25, 0.3) is 0 Å². The van der Waals surface area contributed by atoms with E-state index in [1.165, 1.54) is 38.5 Å². The van der Waals surface area contributed by atoms with Crippen molar-refractivity contribution in [3.05, 3.63) is 87.6 Å². The average Bonchev–Trinajstić information content (AvgIpc) is 2.84. The first-order valence-electron chi connectivity index (χ1n) is 11.2. The maximum atomic E-state index is 13.3. The van der Waals surface area contributed by atoms with Crippen LogP contribution in [-0.4, -0.2) is 10.9 Å². The zero-order valence-electron chi connectivity index (χ0n) is 17.6. The Labute approximate surface area is 185 Å². The Hall–Kier alpha value is -2.12. The maximum Gasteiger partial charge on any atom is 0.199 e. The van der Waals surface area contributed by atoms with E-state index in [-0.39, 0.29) is 5.78 Å². The highest BCUT2D eigenvalue weighted by molar-refractivity contribution is 6.30. The van der Waals surface area contributed by atoms with Gasteiger partial charge >= 0.3 is 0 Å². The van der Waals surface area contributed by atoms with Crippen LogP contribution in [0.3, 0.4) is 0 Å². The van der Waals surface area contributed by atoms with Gasteiger partial charge in [0.1, 0.15) is 6.10 Å². The molecule has 2 nitrogen and oxygen atoms in total. The Bertz CT molecular complexity index is 863. The Morgan fingerprint density at radius 2 is 1.33 bits per heavy atom. The van der Waals surface area contributed by atoms with Crippen LogP contribution in [0.4, 0.5) is 0 Å². The van der Waals surface area contributed by atoms with Gasteiger partial charge in [-0.2, -0.15) is 0 Å². The van der Waals surface area contributed by atoms with Crippen molar-refractivity contribution < 1.29 is 9.90 Å². The van der Waals surface area contributed by atoms with E-state index in [2.05, 4.69) is 5.73 Å². The molecule has 0 saturated heterocycles. The Balaban J connectivity index is 2.00. The van der Waals surface area contributed by atoms with Gasteiger partial charge in [-0.25, -0.2) is 0 Å². The van der Waals surface area contributed by atoms with Gasteiger partial charge in [0.05, 0.1) is 5.57 Å². The zero-order chi connectivity index (χ0) is 21.2. The molecule has 3 heteroatoms. The molecule has 3 rings (SSSR count). The number of aliphatic hydroxyl groups is 1. The Morgan fingerprint density at radius 1 is 0.800 bits per heavy atom. The van der Waals surface area contributed by atoms with Gasteiger partial charge in [0.2, 0.25) is 0 Å². The molecule has 1 atom stereocenters. The first-order chi connectivity index (χ1) is 14.6. The first-order valence-corrected chi connectivity index (χ1v) is 11.5. The number of aliphatic hydroxyl groups excluding tert-OH is 1. The van der Waals surface area contributed by atoms with Gasteiger partial charge in [0.15, 0.2) is 5.78 Å². The second-order valence-corrected chi connectivity index (χ2v) is 8.56. The molecule has 0 bridgehead atoms. The molecular formula is C27H31ClO2. The minimum absolute atomic E-state index is 0.167. The van der Waals surface area contributed by atoms with E-state index >= 15 is 0 Å². The van der Waals surface area contributed by atoms with E-state index < -0.39 is 6.10 Å². The summed E-state index contributed by atoms with van der Waals surface area (Å²) < 4.78 is 0. The third-order valence-corrected chi connectivity index (χ3v) is 6.01. The monoisotopic (exact) mass is 422 g/mol. The van der Waals surface area contributed by atoms with Gasteiger partial charge in [0.25, 0.3) is 0 Å². The Morgan fingerprint density at radius 3 is 1.90 bits per heavy atom. The molecule has 0 spiro atoms.